The molecule has 0 amide bonds. The first-order chi connectivity index (χ1) is 23.7. The van der Waals surface area contributed by atoms with Crippen molar-refractivity contribution in [1.29, 1.82) is 0 Å². The average Bonchev–Trinajstić information content (AvgIpc) is 3.48. The van der Waals surface area contributed by atoms with E-state index in [1.54, 1.807) is 6.33 Å². The van der Waals surface area contributed by atoms with Crippen LogP contribution in [0.2, 0.25) is 0 Å². The number of nitrogens with zero attached hydrogens (tertiary/aromatic N) is 3. The monoisotopic (exact) mass is 619 g/mol. The highest BCUT2D eigenvalue weighted by atomic mass is 16.5. The fraction of sp³-hybridized carbons (Fsp3) is 0.0909. The lowest BCUT2D eigenvalue weighted by atomic mass is 9.84. The summed E-state index contributed by atoms with van der Waals surface area (Å²) in [5.74, 6) is 2.34. The number of benzene rings is 4. The second-order valence-corrected chi connectivity index (χ2v) is 12.6. The quantitative estimate of drug-likeness (QED) is 0.177. The Balaban J connectivity index is 1.05. The standard InChI is InChI=1S/C44H33N3O/c1-2-10-29-13-9-18-44-37(29)26-34-23-31(20-22-43(34)48-44)32-19-21-42-38(25-32)36-16-6-7-17-41(36)47(42)35-15-8-14-33(24-35)40-27-39(45-28-46-40)30-11-4-3-5-12-30/h2-9,11-29,38,42H,1,10H2. The minimum atomic E-state index is 0.163. The Labute approximate surface area is 281 Å². The summed E-state index contributed by atoms with van der Waals surface area (Å²) in [4.78, 5) is 11.7. The SMILES string of the molecule is C=CCC1C=CC=C2Oc3ccc(C4=CC5c6ccccc6N(c6cccc(-c7cc(-c8ccccc8)ncn7)c6)C5C=C4)cc3C=C21. The Morgan fingerprint density at radius 1 is 0.792 bits per heavy atom. The van der Waals surface area contributed by atoms with Gasteiger partial charge in [0.1, 0.15) is 17.8 Å². The van der Waals surface area contributed by atoms with Gasteiger partial charge in [0, 0.05) is 45.5 Å². The van der Waals surface area contributed by atoms with Gasteiger partial charge in [-0.3, -0.25) is 0 Å². The van der Waals surface area contributed by atoms with Crippen LogP contribution >= 0.6 is 0 Å². The number of allylic oxidation sites excluding steroid dienone is 7. The minimum Gasteiger partial charge on any atom is -0.456 e. The first-order valence-corrected chi connectivity index (χ1v) is 16.5. The van der Waals surface area contributed by atoms with E-state index >= 15 is 0 Å². The molecule has 4 aromatic carbocycles. The second kappa shape index (κ2) is 11.7. The molecule has 1 aromatic heterocycles. The molecule has 48 heavy (non-hydrogen) atoms. The van der Waals surface area contributed by atoms with E-state index < -0.39 is 0 Å². The molecule has 0 fully saturated rings. The predicted molar refractivity (Wildman–Crippen MR) is 196 cm³/mol. The summed E-state index contributed by atoms with van der Waals surface area (Å²) < 4.78 is 6.36. The molecule has 2 aliphatic heterocycles. The molecule has 0 saturated heterocycles. The fourth-order valence-electron chi connectivity index (χ4n) is 7.48. The summed E-state index contributed by atoms with van der Waals surface area (Å²) in [6, 6.07) is 36.6. The lowest BCUT2D eigenvalue weighted by Gasteiger charge is -2.30. The number of hydrogen-bond acceptors (Lipinski definition) is 4. The van der Waals surface area contributed by atoms with Crippen LogP contribution in [0.5, 0.6) is 5.75 Å². The van der Waals surface area contributed by atoms with Crippen LogP contribution in [-0.4, -0.2) is 16.0 Å². The number of fused-ring (bicyclic) bond motifs is 5. The summed E-state index contributed by atoms with van der Waals surface area (Å²) >= 11 is 0. The summed E-state index contributed by atoms with van der Waals surface area (Å²) in [6.45, 7) is 3.97. The van der Waals surface area contributed by atoms with Crippen molar-refractivity contribution in [2.45, 2.75) is 18.4 Å². The molecule has 0 bridgehead atoms. The molecule has 0 N–H and O–H groups in total. The summed E-state index contributed by atoms with van der Waals surface area (Å²) in [7, 11) is 0. The van der Waals surface area contributed by atoms with Crippen molar-refractivity contribution < 1.29 is 4.74 Å². The van der Waals surface area contributed by atoms with E-state index in [1.807, 2.05) is 24.3 Å². The molecular formula is C44H33N3O. The number of ether oxygens (including phenoxy) is 1. The van der Waals surface area contributed by atoms with Crippen LogP contribution in [0.3, 0.4) is 0 Å². The van der Waals surface area contributed by atoms with E-state index in [1.165, 1.54) is 28.0 Å². The third kappa shape index (κ3) is 4.85. The van der Waals surface area contributed by atoms with Crippen molar-refractivity contribution >= 4 is 23.0 Å². The maximum atomic E-state index is 6.36. The Morgan fingerprint density at radius 3 is 2.52 bits per heavy atom. The van der Waals surface area contributed by atoms with E-state index in [2.05, 4.69) is 149 Å². The lowest BCUT2D eigenvalue weighted by molar-refractivity contribution is 0.417. The molecule has 0 radical (unpaired) electrons. The summed E-state index contributed by atoms with van der Waals surface area (Å²) in [5.41, 5.74) is 12.4. The summed E-state index contributed by atoms with van der Waals surface area (Å²) in [5, 5.41) is 0. The van der Waals surface area contributed by atoms with E-state index in [0.29, 0.717) is 0 Å². The van der Waals surface area contributed by atoms with Crippen molar-refractivity contribution in [3.8, 4) is 28.3 Å². The number of anilines is 2. The minimum absolute atomic E-state index is 0.163. The number of rotatable bonds is 6. The maximum absolute atomic E-state index is 6.36. The highest BCUT2D eigenvalue weighted by Crippen LogP contribution is 2.50. The van der Waals surface area contributed by atoms with Gasteiger partial charge in [0.05, 0.1) is 17.4 Å². The van der Waals surface area contributed by atoms with Gasteiger partial charge < -0.3 is 9.64 Å². The topological polar surface area (TPSA) is 38.2 Å². The zero-order valence-corrected chi connectivity index (χ0v) is 26.4. The molecule has 3 unspecified atom stereocenters. The summed E-state index contributed by atoms with van der Waals surface area (Å²) in [6.07, 6.45) is 20.3. The van der Waals surface area contributed by atoms with Crippen LogP contribution in [0.15, 0.2) is 170 Å². The maximum Gasteiger partial charge on any atom is 0.134 e. The molecule has 5 aromatic rings. The average molecular weight is 620 g/mol. The van der Waals surface area contributed by atoms with Gasteiger partial charge >= 0.3 is 0 Å². The highest BCUT2D eigenvalue weighted by molar-refractivity contribution is 5.85. The van der Waals surface area contributed by atoms with E-state index in [4.69, 9.17) is 4.74 Å². The normalized spacial score (nSPS) is 20.0. The van der Waals surface area contributed by atoms with Gasteiger partial charge in [0.2, 0.25) is 0 Å². The molecule has 4 aliphatic rings. The number of aromatic nitrogens is 2. The molecule has 2 aliphatic carbocycles. The Morgan fingerprint density at radius 2 is 1.62 bits per heavy atom. The Bertz CT molecular complexity index is 2240. The van der Waals surface area contributed by atoms with Crippen LogP contribution < -0.4 is 9.64 Å². The van der Waals surface area contributed by atoms with Crippen molar-refractivity contribution in [3.05, 3.63) is 187 Å². The van der Waals surface area contributed by atoms with Crippen LogP contribution in [0.25, 0.3) is 34.2 Å². The van der Waals surface area contributed by atoms with Gasteiger partial charge in [-0.1, -0.05) is 103 Å². The molecule has 3 atom stereocenters. The fourth-order valence-corrected chi connectivity index (χ4v) is 7.48. The number of hydrogen-bond donors (Lipinski definition) is 0. The second-order valence-electron chi connectivity index (χ2n) is 12.6. The zero-order valence-electron chi connectivity index (χ0n) is 26.4. The molecule has 9 rings (SSSR count). The Kier molecular flexibility index (Phi) is 6.86. The van der Waals surface area contributed by atoms with Crippen molar-refractivity contribution in [2.24, 2.45) is 5.92 Å². The first-order valence-electron chi connectivity index (χ1n) is 16.5. The molecule has 4 heteroatoms. The van der Waals surface area contributed by atoms with Gasteiger partial charge in [-0.2, -0.15) is 0 Å². The van der Waals surface area contributed by atoms with Crippen molar-refractivity contribution in [2.75, 3.05) is 4.90 Å². The largest absolute Gasteiger partial charge is 0.456 e. The molecule has 230 valence electrons. The van der Waals surface area contributed by atoms with Crippen LogP contribution in [-0.2, 0) is 0 Å². The van der Waals surface area contributed by atoms with Gasteiger partial charge in [0.15, 0.2) is 0 Å². The number of para-hydroxylation sites is 1. The molecule has 0 spiro atoms. The molecule has 3 heterocycles. The smallest absolute Gasteiger partial charge is 0.134 e. The molecule has 0 saturated carbocycles. The predicted octanol–water partition coefficient (Wildman–Crippen LogP) is 10.5. The van der Waals surface area contributed by atoms with Crippen LogP contribution in [0.1, 0.15) is 29.0 Å². The van der Waals surface area contributed by atoms with E-state index in [9.17, 15) is 0 Å². The van der Waals surface area contributed by atoms with Crippen LogP contribution in [0.4, 0.5) is 11.4 Å². The van der Waals surface area contributed by atoms with E-state index in [-0.39, 0.29) is 17.9 Å². The van der Waals surface area contributed by atoms with Gasteiger partial charge in [-0.05, 0) is 71.7 Å². The van der Waals surface area contributed by atoms with Crippen molar-refractivity contribution in [1.82, 2.24) is 9.97 Å². The first kappa shape index (κ1) is 28.2. The lowest BCUT2D eigenvalue weighted by Crippen LogP contribution is -2.29. The van der Waals surface area contributed by atoms with Gasteiger partial charge in [-0.25, -0.2) is 9.97 Å². The van der Waals surface area contributed by atoms with E-state index in [0.717, 1.165) is 51.7 Å². The molecule has 4 nitrogen and oxygen atoms in total. The van der Waals surface area contributed by atoms with Gasteiger partial charge in [-0.15, -0.1) is 6.58 Å². The molecular weight excluding hydrogens is 587 g/mol. The van der Waals surface area contributed by atoms with Crippen LogP contribution in [0, 0.1) is 5.92 Å². The Hall–Kier alpha value is -6.00. The zero-order chi connectivity index (χ0) is 32.0. The highest BCUT2D eigenvalue weighted by Gasteiger charge is 2.38. The third-order valence-corrected chi connectivity index (χ3v) is 9.78. The third-order valence-electron chi connectivity index (χ3n) is 9.78. The van der Waals surface area contributed by atoms with Crippen molar-refractivity contribution in [3.63, 3.8) is 0 Å². The van der Waals surface area contributed by atoms with Gasteiger partial charge in [0.25, 0.3) is 0 Å².